The number of carbonyl (C=O) groups is 1. The third-order valence-corrected chi connectivity index (χ3v) is 5.06. The van der Waals surface area contributed by atoms with Crippen LogP contribution in [-0.4, -0.2) is 32.1 Å². The molecule has 0 radical (unpaired) electrons. The second kappa shape index (κ2) is 9.65. The summed E-state index contributed by atoms with van der Waals surface area (Å²) >= 11 is 5.86. The summed E-state index contributed by atoms with van der Waals surface area (Å²) in [6.45, 7) is 3.51. The molecule has 6 heteroatoms. The number of rotatable bonds is 7. The summed E-state index contributed by atoms with van der Waals surface area (Å²) in [5.74, 6) is 1.91. The summed E-state index contributed by atoms with van der Waals surface area (Å²) in [6.07, 6.45) is 3.19. The van der Waals surface area contributed by atoms with Gasteiger partial charge in [0.15, 0.2) is 5.78 Å². The van der Waals surface area contributed by atoms with Crippen molar-refractivity contribution >= 4 is 29.1 Å². The molecule has 1 aliphatic heterocycles. The van der Waals surface area contributed by atoms with E-state index in [1.54, 1.807) is 30.3 Å². The van der Waals surface area contributed by atoms with Gasteiger partial charge in [0.2, 0.25) is 0 Å². The van der Waals surface area contributed by atoms with Gasteiger partial charge in [-0.2, -0.15) is 0 Å². The smallest absolute Gasteiger partial charge is 0.185 e. The first kappa shape index (κ1) is 20.3. The van der Waals surface area contributed by atoms with Crippen molar-refractivity contribution in [3.63, 3.8) is 0 Å². The lowest BCUT2D eigenvalue weighted by atomic mass is 10.1. The van der Waals surface area contributed by atoms with Gasteiger partial charge in [0.25, 0.3) is 0 Å². The molecule has 0 amide bonds. The Labute approximate surface area is 180 Å². The molecule has 4 rings (SSSR count). The van der Waals surface area contributed by atoms with Crippen molar-refractivity contribution in [2.24, 2.45) is 0 Å². The summed E-state index contributed by atoms with van der Waals surface area (Å²) in [6, 6.07) is 18.4. The van der Waals surface area contributed by atoms with E-state index in [0.717, 1.165) is 32.0 Å². The summed E-state index contributed by atoms with van der Waals surface area (Å²) < 4.78 is 16.7. The molecular formula is C24H22ClNO4. The predicted octanol–water partition coefficient (Wildman–Crippen LogP) is 5.24. The fourth-order valence-corrected chi connectivity index (χ4v) is 3.29. The van der Waals surface area contributed by atoms with Crippen LogP contribution in [-0.2, 0) is 11.3 Å². The van der Waals surface area contributed by atoms with Crippen LogP contribution < -0.4 is 9.64 Å². The van der Waals surface area contributed by atoms with E-state index in [0.29, 0.717) is 34.5 Å². The third-order valence-electron chi connectivity index (χ3n) is 4.80. The van der Waals surface area contributed by atoms with Crippen LogP contribution in [0, 0.1) is 0 Å². The number of hydrogen-bond donors (Lipinski definition) is 0. The average Bonchev–Trinajstić information content (AvgIpc) is 3.26. The number of carbonyl (C=O) groups excluding carboxylic acids is 1. The van der Waals surface area contributed by atoms with Crippen LogP contribution >= 0.6 is 11.6 Å². The second-order valence-corrected chi connectivity index (χ2v) is 7.33. The molecule has 3 aromatic rings. The van der Waals surface area contributed by atoms with E-state index in [2.05, 4.69) is 4.90 Å². The van der Waals surface area contributed by atoms with E-state index in [9.17, 15) is 4.79 Å². The Hall–Kier alpha value is -3.02. The molecule has 5 nitrogen and oxygen atoms in total. The van der Waals surface area contributed by atoms with Crippen LogP contribution in [0.5, 0.6) is 5.75 Å². The number of halogens is 1. The highest BCUT2D eigenvalue weighted by Crippen LogP contribution is 2.19. The van der Waals surface area contributed by atoms with Crippen molar-refractivity contribution in [2.45, 2.75) is 6.61 Å². The monoisotopic (exact) mass is 423 g/mol. The first-order valence-corrected chi connectivity index (χ1v) is 10.2. The van der Waals surface area contributed by atoms with Crippen molar-refractivity contribution in [3.05, 3.63) is 88.8 Å². The molecule has 0 aliphatic carbocycles. The molecule has 1 aromatic heterocycles. The minimum absolute atomic E-state index is 0.0705. The van der Waals surface area contributed by atoms with Crippen LogP contribution in [0.2, 0.25) is 5.02 Å². The van der Waals surface area contributed by atoms with Gasteiger partial charge in [-0.1, -0.05) is 11.6 Å². The third kappa shape index (κ3) is 5.32. The molecule has 2 aromatic carbocycles. The lowest BCUT2D eigenvalue weighted by Crippen LogP contribution is -2.36. The van der Waals surface area contributed by atoms with E-state index in [-0.39, 0.29) is 5.78 Å². The van der Waals surface area contributed by atoms with E-state index in [4.69, 9.17) is 25.5 Å². The first-order chi connectivity index (χ1) is 14.7. The van der Waals surface area contributed by atoms with E-state index >= 15 is 0 Å². The summed E-state index contributed by atoms with van der Waals surface area (Å²) in [5.41, 5.74) is 1.75. The summed E-state index contributed by atoms with van der Waals surface area (Å²) in [7, 11) is 0. The number of morpholine rings is 1. The summed E-state index contributed by atoms with van der Waals surface area (Å²) in [4.78, 5) is 14.7. The Morgan fingerprint density at radius 1 is 1.00 bits per heavy atom. The van der Waals surface area contributed by atoms with Crippen LogP contribution in [0.3, 0.4) is 0 Å². The molecular weight excluding hydrogens is 402 g/mol. The molecule has 1 fully saturated rings. The van der Waals surface area contributed by atoms with Crippen molar-refractivity contribution in [3.8, 4) is 5.75 Å². The van der Waals surface area contributed by atoms with Gasteiger partial charge in [-0.25, -0.2) is 0 Å². The fourth-order valence-electron chi connectivity index (χ4n) is 3.16. The molecule has 1 saturated heterocycles. The average molecular weight is 424 g/mol. The molecule has 0 spiro atoms. The Morgan fingerprint density at radius 2 is 1.73 bits per heavy atom. The minimum atomic E-state index is -0.0705. The Bertz CT molecular complexity index is 1000. The van der Waals surface area contributed by atoms with Crippen LogP contribution in [0.25, 0.3) is 6.08 Å². The van der Waals surface area contributed by atoms with Gasteiger partial charge < -0.3 is 18.8 Å². The topological polar surface area (TPSA) is 51.9 Å². The molecule has 154 valence electrons. The molecule has 0 saturated carbocycles. The fraction of sp³-hybridized carbons (Fsp3) is 0.208. The molecule has 0 N–H and O–H groups in total. The zero-order valence-electron chi connectivity index (χ0n) is 16.4. The Kier molecular flexibility index (Phi) is 6.52. The lowest BCUT2D eigenvalue weighted by molar-refractivity contribution is 0.104. The SMILES string of the molecule is O=C(/C=C/c1ccc(COc2ccc(Cl)cc2)o1)c1ccc(N2CCOCC2)cc1. The maximum atomic E-state index is 12.5. The van der Waals surface area contributed by atoms with E-state index in [1.807, 2.05) is 36.4 Å². The first-order valence-electron chi connectivity index (χ1n) is 9.80. The highest BCUT2D eigenvalue weighted by atomic mass is 35.5. The maximum Gasteiger partial charge on any atom is 0.185 e. The number of ketones is 1. The second-order valence-electron chi connectivity index (χ2n) is 6.89. The lowest BCUT2D eigenvalue weighted by Gasteiger charge is -2.28. The number of furan rings is 1. The number of ether oxygens (including phenoxy) is 2. The van der Waals surface area contributed by atoms with Gasteiger partial charge in [-0.05, 0) is 72.8 Å². The highest BCUT2D eigenvalue weighted by molar-refractivity contribution is 6.30. The molecule has 0 bridgehead atoms. The molecule has 30 heavy (non-hydrogen) atoms. The van der Waals surface area contributed by atoms with Crippen LogP contribution in [0.1, 0.15) is 21.9 Å². The number of anilines is 1. The number of allylic oxidation sites excluding steroid dienone is 1. The minimum Gasteiger partial charge on any atom is -0.486 e. The Balaban J connectivity index is 1.32. The zero-order valence-corrected chi connectivity index (χ0v) is 17.2. The number of hydrogen-bond acceptors (Lipinski definition) is 5. The number of nitrogens with zero attached hydrogens (tertiary/aromatic N) is 1. The highest BCUT2D eigenvalue weighted by Gasteiger charge is 2.11. The van der Waals surface area contributed by atoms with Gasteiger partial charge >= 0.3 is 0 Å². The summed E-state index contributed by atoms with van der Waals surface area (Å²) in [5, 5.41) is 0.660. The molecule has 0 unspecified atom stereocenters. The molecule has 2 heterocycles. The van der Waals surface area contributed by atoms with Crippen LogP contribution in [0.4, 0.5) is 5.69 Å². The van der Waals surface area contributed by atoms with Crippen molar-refractivity contribution < 1.29 is 18.7 Å². The Morgan fingerprint density at radius 3 is 2.47 bits per heavy atom. The largest absolute Gasteiger partial charge is 0.486 e. The van der Waals surface area contributed by atoms with Gasteiger partial charge in [-0.3, -0.25) is 4.79 Å². The van der Waals surface area contributed by atoms with Crippen molar-refractivity contribution in [1.82, 2.24) is 0 Å². The standard InChI is InChI=1S/C24H22ClNO4/c25-19-3-7-21(8-4-19)29-17-23-10-9-22(30-23)11-12-24(27)18-1-5-20(6-2-18)26-13-15-28-16-14-26/h1-12H,13-17H2/b12-11+. The van der Waals surface area contributed by atoms with Gasteiger partial charge in [-0.15, -0.1) is 0 Å². The number of benzene rings is 2. The van der Waals surface area contributed by atoms with Gasteiger partial charge in [0.1, 0.15) is 23.9 Å². The quantitative estimate of drug-likeness (QED) is 0.384. The van der Waals surface area contributed by atoms with Crippen molar-refractivity contribution in [2.75, 3.05) is 31.2 Å². The molecule has 0 atom stereocenters. The van der Waals surface area contributed by atoms with E-state index in [1.165, 1.54) is 6.08 Å². The normalized spacial score (nSPS) is 14.2. The van der Waals surface area contributed by atoms with E-state index < -0.39 is 0 Å². The molecule has 1 aliphatic rings. The van der Waals surface area contributed by atoms with Gasteiger partial charge in [0, 0.05) is 29.4 Å². The van der Waals surface area contributed by atoms with Crippen molar-refractivity contribution in [1.29, 1.82) is 0 Å². The zero-order chi connectivity index (χ0) is 20.8. The predicted molar refractivity (Wildman–Crippen MR) is 117 cm³/mol. The van der Waals surface area contributed by atoms with Crippen LogP contribution in [0.15, 0.2) is 71.2 Å². The van der Waals surface area contributed by atoms with Gasteiger partial charge in [0.05, 0.1) is 13.2 Å². The maximum absolute atomic E-state index is 12.5.